The number of nitrogens with one attached hydrogen (secondary N) is 1. The predicted octanol–water partition coefficient (Wildman–Crippen LogP) is 0.0862. The molecule has 0 spiro atoms. The summed E-state index contributed by atoms with van der Waals surface area (Å²) < 4.78 is 62.4. The molecule has 10 atom stereocenters. The minimum Gasteiger partial charge on any atom is -0.394 e. The lowest BCUT2D eigenvalue weighted by Gasteiger charge is -2.49. The lowest BCUT2D eigenvalue weighted by atomic mass is 9.76. The molecule has 3 aliphatic heterocycles. The fourth-order valence-electron chi connectivity index (χ4n) is 6.62. The molecular weight excluding hydrogens is 678 g/mol. The number of alkyl halides is 1. The number of nitrogens with zero attached hydrogens (tertiary/aromatic N) is 8. The number of H-pyrrole nitrogens is 1. The van der Waals surface area contributed by atoms with Crippen LogP contribution in [0.1, 0.15) is 19.4 Å². The second kappa shape index (κ2) is 10.8. The number of anilines is 1. The number of thiol groups is 1. The van der Waals surface area contributed by atoms with Crippen LogP contribution in [-0.4, -0.2) is 103 Å². The van der Waals surface area contributed by atoms with E-state index >= 15 is 4.39 Å². The zero-order valence-electron chi connectivity index (χ0n) is 24.6. The number of rotatable bonds is 8. The van der Waals surface area contributed by atoms with E-state index in [9.17, 15) is 19.6 Å². The van der Waals surface area contributed by atoms with E-state index in [2.05, 4.69) is 48.1 Å². The van der Waals surface area contributed by atoms with E-state index in [0.717, 1.165) is 0 Å². The van der Waals surface area contributed by atoms with Gasteiger partial charge in [-0.3, -0.25) is 27.4 Å². The molecule has 8 rings (SSSR count). The average molecular weight is 705 g/mol. The van der Waals surface area contributed by atoms with E-state index < -0.39 is 79.8 Å². The lowest BCUT2D eigenvalue weighted by molar-refractivity contribution is -0.358. The molecule has 0 aliphatic carbocycles. The first-order valence-electron chi connectivity index (χ1n) is 14.4. The third-order valence-corrected chi connectivity index (χ3v) is 10.4. The van der Waals surface area contributed by atoms with Crippen molar-refractivity contribution >= 4 is 53.0 Å². The molecule has 0 radical (unpaired) electrons. The number of aromatic nitrogens is 9. The number of fused-ring (bicyclic) bond motifs is 4. The Morgan fingerprint density at radius 1 is 1.21 bits per heavy atom. The number of hydrogen-bond donors (Lipinski definition) is 5. The monoisotopic (exact) mass is 704 g/mol. The Labute approximate surface area is 272 Å². The number of nitrogens with two attached hydrogens (primary N) is 1. The minimum atomic E-state index is -4.54. The van der Waals surface area contributed by atoms with Gasteiger partial charge in [-0.15, -0.1) is 6.42 Å². The number of halogens is 1. The second-order valence-corrected chi connectivity index (χ2v) is 14.5. The number of aromatic amines is 1. The zero-order valence-corrected chi connectivity index (χ0v) is 26.4. The van der Waals surface area contributed by atoms with Gasteiger partial charge in [-0.2, -0.15) is 4.98 Å². The molecule has 0 bridgehead atoms. The maximum atomic E-state index is 15.7. The Hall–Kier alpha value is -3.97. The van der Waals surface area contributed by atoms with Crippen LogP contribution in [0.25, 0.3) is 28.1 Å². The number of imidazole rings is 3. The Kier molecular flexibility index (Phi) is 7.02. The summed E-state index contributed by atoms with van der Waals surface area (Å²) in [5.74, 6) is 0.0876. The van der Waals surface area contributed by atoms with Crippen molar-refractivity contribution in [2.45, 2.75) is 55.3 Å². The highest BCUT2D eigenvalue weighted by atomic mass is 32.7. The SMILES string of the molecule is C#C[C@]1(COP(=O)(S)O[C@@H]2[C@H](F)[C@@H](CO)O[C@H]2n2cnc3c(=O)n4cc[nH]c4nc32)O[C@@H](n2cnc3c(N)ncnc32)[C@@H]2O[C@](C)(O)[C@@H]21. The maximum Gasteiger partial charge on any atom is 0.386 e. The molecular formula is C26H26FN10O9PS. The van der Waals surface area contributed by atoms with E-state index in [1.807, 2.05) is 0 Å². The number of terminal acetylenes is 1. The Morgan fingerprint density at radius 2 is 1.96 bits per heavy atom. The van der Waals surface area contributed by atoms with Gasteiger partial charge in [-0.25, -0.2) is 28.9 Å². The van der Waals surface area contributed by atoms with Crippen molar-refractivity contribution in [2.75, 3.05) is 18.9 Å². The van der Waals surface area contributed by atoms with Crippen molar-refractivity contribution in [3.8, 4) is 12.3 Å². The van der Waals surface area contributed by atoms with Gasteiger partial charge in [-0.1, -0.05) is 18.2 Å². The van der Waals surface area contributed by atoms with Crippen molar-refractivity contribution < 1.29 is 42.4 Å². The van der Waals surface area contributed by atoms with Crippen LogP contribution >= 0.6 is 19.0 Å². The standard InChI is InChI=1S/C26H26FN10O9PS/c1-3-26(17-16(44-25(17,2)40)23(45-26)36-9-32-13-18(28)30-8-31-19(13)36)7-42-47(41,48)46-15-12(27)11(6-38)43-22(15)37-10-33-14-20(37)34-24-29-4-5-35(24)21(14)39/h1,4-5,8-12,15-17,22-23,38,40H,6-7H2,2H3,(H,29,34)(H,41,48)(H2,28,30,31)/t11-,12-,15-,16-,17-,22-,23-,25+,26-,47?/m1/s1. The van der Waals surface area contributed by atoms with Crippen LogP contribution in [0.5, 0.6) is 0 Å². The first kappa shape index (κ1) is 31.3. The predicted molar refractivity (Wildman–Crippen MR) is 163 cm³/mol. The topological polar surface area (TPSA) is 241 Å². The van der Waals surface area contributed by atoms with Crippen LogP contribution in [0.15, 0.2) is 36.2 Å². The first-order valence-corrected chi connectivity index (χ1v) is 17.0. The number of hydrogen-bond acceptors (Lipinski definition) is 15. The van der Waals surface area contributed by atoms with Gasteiger partial charge in [0, 0.05) is 12.4 Å². The fraction of sp³-hybridized carbons (Fsp3) is 0.462. The second-order valence-electron chi connectivity index (χ2n) is 11.6. The summed E-state index contributed by atoms with van der Waals surface area (Å²) in [6.07, 6.45) is 4.36. The smallest absolute Gasteiger partial charge is 0.386 e. The summed E-state index contributed by atoms with van der Waals surface area (Å²) in [5, 5.41) is 20.8. The highest BCUT2D eigenvalue weighted by Gasteiger charge is 2.71. The Morgan fingerprint density at radius 3 is 2.69 bits per heavy atom. The number of aliphatic hydroxyl groups is 2. The summed E-state index contributed by atoms with van der Waals surface area (Å²) in [5.41, 5.74) is 4.21. The summed E-state index contributed by atoms with van der Waals surface area (Å²) in [6.45, 7) is -4.57. The van der Waals surface area contributed by atoms with Gasteiger partial charge in [0.1, 0.15) is 30.2 Å². The minimum absolute atomic E-state index is 0.00995. The van der Waals surface area contributed by atoms with Crippen molar-refractivity contribution in [3.05, 3.63) is 41.7 Å². The maximum absolute atomic E-state index is 15.7. The van der Waals surface area contributed by atoms with Crippen molar-refractivity contribution in [2.24, 2.45) is 5.92 Å². The number of ether oxygens (including phenoxy) is 3. The van der Waals surface area contributed by atoms with Crippen LogP contribution in [0.3, 0.4) is 0 Å². The van der Waals surface area contributed by atoms with Crippen molar-refractivity contribution in [1.29, 1.82) is 0 Å². The number of nitrogen functional groups attached to an aromatic ring is 1. The summed E-state index contributed by atoms with van der Waals surface area (Å²) in [4.78, 5) is 36.6. The average Bonchev–Trinajstić information content (AvgIpc) is 3.87. The van der Waals surface area contributed by atoms with Crippen LogP contribution in [0.2, 0.25) is 0 Å². The molecule has 0 aromatic carbocycles. The lowest BCUT2D eigenvalue weighted by Crippen LogP contribution is -2.64. The largest absolute Gasteiger partial charge is 0.394 e. The van der Waals surface area contributed by atoms with E-state index in [0.29, 0.717) is 11.2 Å². The molecule has 3 fully saturated rings. The highest BCUT2D eigenvalue weighted by Crippen LogP contribution is 2.61. The van der Waals surface area contributed by atoms with Gasteiger partial charge in [-0.05, 0) is 6.92 Å². The fourth-order valence-corrected chi connectivity index (χ4v) is 8.06. The van der Waals surface area contributed by atoms with E-state index in [1.165, 1.54) is 51.8 Å². The van der Waals surface area contributed by atoms with Gasteiger partial charge in [0.15, 0.2) is 52.6 Å². The van der Waals surface area contributed by atoms with Gasteiger partial charge >= 0.3 is 6.80 Å². The van der Waals surface area contributed by atoms with Crippen LogP contribution in [0, 0.1) is 18.3 Å². The summed E-state index contributed by atoms with van der Waals surface area (Å²) >= 11 is 4.10. The third-order valence-electron chi connectivity index (χ3n) is 8.78. The first-order chi connectivity index (χ1) is 22.9. The van der Waals surface area contributed by atoms with Gasteiger partial charge in [0.2, 0.25) is 5.78 Å². The van der Waals surface area contributed by atoms with Crippen LogP contribution < -0.4 is 11.3 Å². The third kappa shape index (κ3) is 4.53. The highest BCUT2D eigenvalue weighted by molar-refractivity contribution is 8.44. The molecule has 3 aliphatic rings. The molecule has 0 saturated carbocycles. The van der Waals surface area contributed by atoms with E-state index in [1.54, 1.807) is 0 Å². The molecule has 22 heteroatoms. The zero-order chi connectivity index (χ0) is 33.7. The summed E-state index contributed by atoms with van der Waals surface area (Å²) in [7, 11) is 0. The molecule has 252 valence electrons. The normalized spacial score (nSPS) is 34.4. The molecule has 5 aromatic rings. The van der Waals surface area contributed by atoms with Crippen molar-refractivity contribution in [3.63, 3.8) is 0 Å². The molecule has 19 nitrogen and oxygen atoms in total. The number of aliphatic hydroxyl groups excluding tert-OH is 1. The molecule has 8 heterocycles. The molecule has 3 saturated heterocycles. The van der Waals surface area contributed by atoms with Gasteiger partial charge < -0.3 is 35.1 Å². The van der Waals surface area contributed by atoms with E-state index in [-0.39, 0.29) is 22.8 Å². The molecule has 5 N–H and O–H groups in total. The van der Waals surface area contributed by atoms with Crippen LogP contribution in [0.4, 0.5) is 10.2 Å². The quantitative estimate of drug-likeness (QED) is 0.0817. The van der Waals surface area contributed by atoms with Gasteiger partial charge in [0.25, 0.3) is 5.56 Å². The van der Waals surface area contributed by atoms with Gasteiger partial charge in [0.05, 0.1) is 31.8 Å². The molecule has 5 aromatic heterocycles. The summed E-state index contributed by atoms with van der Waals surface area (Å²) in [6, 6.07) is 0. The molecule has 48 heavy (non-hydrogen) atoms. The van der Waals surface area contributed by atoms with E-state index in [4.69, 9.17) is 35.4 Å². The van der Waals surface area contributed by atoms with Crippen molar-refractivity contribution in [1.82, 2.24) is 43.4 Å². The Balaban J connectivity index is 1.07. The Bertz CT molecular complexity index is 2240. The molecule has 0 amide bonds. The van der Waals surface area contributed by atoms with Crippen LogP contribution in [-0.2, 0) is 27.8 Å². The molecule has 1 unspecified atom stereocenters.